The van der Waals surface area contributed by atoms with Gasteiger partial charge in [-0.3, -0.25) is 0 Å². The highest BCUT2D eigenvalue weighted by atomic mass is 15.5. The van der Waals surface area contributed by atoms with Crippen molar-refractivity contribution in [2.45, 2.75) is 53.1 Å². The van der Waals surface area contributed by atoms with Crippen molar-refractivity contribution in [1.82, 2.24) is 25.5 Å². The summed E-state index contributed by atoms with van der Waals surface area (Å²) in [7, 11) is 0. The fourth-order valence-electron chi connectivity index (χ4n) is 2.41. The monoisotopic (exact) mass is 237 g/mol. The maximum Gasteiger partial charge on any atom is 0.167 e. The third kappa shape index (κ3) is 2.49. The smallest absolute Gasteiger partial charge is 0.167 e. The molecule has 0 radical (unpaired) electrons. The Morgan fingerprint density at radius 2 is 2.06 bits per heavy atom. The number of hydrogen-bond acceptors (Lipinski definition) is 4. The predicted molar refractivity (Wildman–Crippen MR) is 66.4 cm³/mol. The normalized spacial score (nSPS) is 19.6. The average Bonchev–Trinajstić information content (AvgIpc) is 2.90. The van der Waals surface area contributed by atoms with Crippen LogP contribution < -0.4 is 5.32 Å². The molecule has 1 unspecified atom stereocenters. The van der Waals surface area contributed by atoms with Gasteiger partial charge in [-0.05, 0) is 48.1 Å². The molecule has 0 bridgehead atoms. The highest BCUT2D eigenvalue weighted by Crippen LogP contribution is 2.53. The predicted octanol–water partition coefficient (Wildman–Crippen LogP) is 1.78. The number of aromatic nitrogens is 4. The molecule has 1 N–H and O–H groups in total. The SMILES string of the molecule is CCNC(C)c1nnnn1CC1(C(C)C)CC1. The number of hydrogen-bond donors (Lipinski definition) is 1. The van der Waals surface area contributed by atoms with E-state index in [1.165, 1.54) is 12.8 Å². The summed E-state index contributed by atoms with van der Waals surface area (Å²) in [6, 6.07) is 0.220. The Morgan fingerprint density at radius 3 is 2.59 bits per heavy atom. The summed E-state index contributed by atoms with van der Waals surface area (Å²) >= 11 is 0. The first-order valence-electron chi connectivity index (χ1n) is 6.58. The minimum Gasteiger partial charge on any atom is -0.308 e. The maximum atomic E-state index is 4.15. The largest absolute Gasteiger partial charge is 0.308 e. The van der Waals surface area contributed by atoms with Gasteiger partial charge in [-0.1, -0.05) is 20.8 Å². The van der Waals surface area contributed by atoms with Crippen LogP contribution in [-0.2, 0) is 6.54 Å². The molecule has 1 aliphatic carbocycles. The molecule has 1 saturated carbocycles. The second-order valence-corrected chi connectivity index (χ2v) is 5.49. The lowest BCUT2D eigenvalue weighted by atomic mass is 9.92. The molecule has 0 saturated heterocycles. The summed E-state index contributed by atoms with van der Waals surface area (Å²) in [5, 5.41) is 15.5. The van der Waals surface area contributed by atoms with Crippen LogP contribution in [-0.4, -0.2) is 26.8 Å². The van der Waals surface area contributed by atoms with E-state index in [0.29, 0.717) is 11.3 Å². The topological polar surface area (TPSA) is 55.6 Å². The van der Waals surface area contributed by atoms with E-state index in [9.17, 15) is 0 Å². The summed E-state index contributed by atoms with van der Waals surface area (Å²) in [4.78, 5) is 0. The number of nitrogens with zero attached hydrogens (tertiary/aromatic N) is 4. The molecule has 0 spiro atoms. The molecule has 1 aliphatic rings. The van der Waals surface area contributed by atoms with Crippen LogP contribution in [0.1, 0.15) is 52.4 Å². The zero-order valence-electron chi connectivity index (χ0n) is 11.3. The van der Waals surface area contributed by atoms with Gasteiger partial charge in [-0.15, -0.1) is 5.10 Å². The van der Waals surface area contributed by atoms with Crippen LogP contribution in [0.3, 0.4) is 0 Å². The van der Waals surface area contributed by atoms with E-state index in [1.54, 1.807) is 0 Å². The van der Waals surface area contributed by atoms with E-state index >= 15 is 0 Å². The number of nitrogens with one attached hydrogen (secondary N) is 1. The van der Waals surface area contributed by atoms with Crippen molar-refractivity contribution in [2.75, 3.05) is 6.54 Å². The Labute approximate surface area is 103 Å². The molecule has 96 valence electrons. The van der Waals surface area contributed by atoms with Crippen molar-refractivity contribution < 1.29 is 0 Å². The third-order valence-corrected chi connectivity index (χ3v) is 4.04. The van der Waals surface area contributed by atoms with E-state index in [4.69, 9.17) is 0 Å². The van der Waals surface area contributed by atoms with E-state index in [2.05, 4.69) is 48.5 Å². The molecule has 1 atom stereocenters. The Bertz CT molecular complexity index is 367. The molecule has 2 rings (SSSR count). The minimum atomic E-state index is 0.220. The molecule has 1 fully saturated rings. The summed E-state index contributed by atoms with van der Waals surface area (Å²) in [6.45, 7) is 10.7. The first-order chi connectivity index (χ1) is 8.09. The Balaban J connectivity index is 2.09. The fourth-order valence-corrected chi connectivity index (χ4v) is 2.41. The molecule has 0 aromatic carbocycles. The van der Waals surface area contributed by atoms with E-state index in [1.807, 2.05) is 4.68 Å². The van der Waals surface area contributed by atoms with Crippen LogP contribution in [0.5, 0.6) is 0 Å². The fraction of sp³-hybridized carbons (Fsp3) is 0.917. The zero-order chi connectivity index (χ0) is 12.5. The Hall–Kier alpha value is -0.970. The van der Waals surface area contributed by atoms with E-state index < -0.39 is 0 Å². The number of rotatable bonds is 6. The molecule has 1 aromatic rings. The van der Waals surface area contributed by atoms with Crippen molar-refractivity contribution in [3.8, 4) is 0 Å². The molecular formula is C12H23N5. The maximum absolute atomic E-state index is 4.15. The van der Waals surface area contributed by atoms with Gasteiger partial charge in [0.2, 0.25) is 0 Å². The van der Waals surface area contributed by atoms with Crippen LogP contribution in [0.4, 0.5) is 0 Å². The van der Waals surface area contributed by atoms with Crippen LogP contribution in [0.25, 0.3) is 0 Å². The highest BCUT2D eigenvalue weighted by Gasteiger charge is 2.46. The lowest BCUT2D eigenvalue weighted by Crippen LogP contribution is -2.25. The van der Waals surface area contributed by atoms with Crippen molar-refractivity contribution >= 4 is 0 Å². The van der Waals surface area contributed by atoms with Gasteiger partial charge in [-0.25, -0.2) is 4.68 Å². The summed E-state index contributed by atoms with van der Waals surface area (Å²) < 4.78 is 1.99. The Morgan fingerprint density at radius 1 is 1.35 bits per heavy atom. The molecule has 1 aromatic heterocycles. The zero-order valence-corrected chi connectivity index (χ0v) is 11.3. The summed E-state index contributed by atoms with van der Waals surface area (Å²) in [5.41, 5.74) is 0.441. The van der Waals surface area contributed by atoms with Gasteiger partial charge in [-0.2, -0.15) is 0 Å². The van der Waals surface area contributed by atoms with Crippen LogP contribution >= 0.6 is 0 Å². The summed E-state index contributed by atoms with van der Waals surface area (Å²) in [5.74, 6) is 1.66. The molecule has 5 nitrogen and oxygen atoms in total. The lowest BCUT2D eigenvalue weighted by Gasteiger charge is -2.21. The van der Waals surface area contributed by atoms with Gasteiger partial charge >= 0.3 is 0 Å². The molecule has 5 heteroatoms. The van der Waals surface area contributed by atoms with Crippen LogP contribution in [0.15, 0.2) is 0 Å². The molecule has 17 heavy (non-hydrogen) atoms. The van der Waals surface area contributed by atoms with Gasteiger partial charge in [0.05, 0.1) is 12.6 Å². The lowest BCUT2D eigenvalue weighted by molar-refractivity contribution is 0.284. The Kier molecular flexibility index (Phi) is 3.47. The second kappa shape index (κ2) is 4.72. The minimum absolute atomic E-state index is 0.220. The van der Waals surface area contributed by atoms with Crippen LogP contribution in [0, 0.1) is 11.3 Å². The van der Waals surface area contributed by atoms with Gasteiger partial charge in [0.15, 0.2) is 5.82 Å². The van der Waals surface area contributed by atoms with Crippen LogP contribution in [0.2, 0.25) is 0 Å². The van der Waals surface area contributed by atoms with Crippen molar-refractivity contribution in [3.05, 3.63) is 5.82 Å². The summed E-state index contributed by atoms with van der Waals surface area (Å²) in [6.07, 6.45) is 2.61. The van der Waals surface area contributed by atoms with Gasteiger partial charge in [0.1, 0.15) is 0 Å². The standard InChI is InChI=1S/C12H23N5/c1-5-13-10(4)11-14-15-16-17(11)8-12(6-7-12)9(2)3/h9-10,13H,5-8H2,1-4H3. The molecular weight excluding hydrogens is 214 g/mol. The average molecular weight is 237 g/mol. The first kappa shape index (κ1) is 12.5. The first-order valence-corrected chi connectivity index (χ1v) is 6.58. The van der Waals surface area contributed by atoms with E-state index in [-0.39, 0.29) is 6.04 Å². The van der Waals surface area contributed by atoms with Crippen molar-refractivity contribution in [2.24, 2.45) is 11.3 Å². The van der Waals surface area contributed by atoms with Crippen molar-refractivity contribution in [1.29, 1.82) is 0 Å². The highest BCUT2D eigenvalue weighted by molar-refractivity contribution is 4.98. The second-order valence-electron chi connectivity index (χ2n) is 5.49. The third-order valence-electron chi connectivity index (χ3n) is 4.04. The molecule has 0 aliphatic heterocycles. The van der Waals surface area contributed by atoms with Gasteiger partial charge < -0.3 is 5.32 Å². The quantitative estimate of drug-likeness (QED) is 0.819. The van der Waals surface area contributed by atoms with Crippen molar-refractivity contribution in [3.63, 3.8) is 0 Å². The molecule has 1 heterocycles. The van der Waals surface area contributed by atoms with Gasteiger partial charge in [0.25, 0.3) is 0 Å². The van der Waals surface area contributed by atoms with Gasteiger partial charge in [0, 0.05) is 0 Å². The molecule has 0 amide bonds. The van der Waals surface area contributed by atoms with E-state index in [0.717, 1.165) is 18.9 Å². The number of tetrazole rings is 1.